The smallest absolute Gasteiger partial charge is 0.186 e. The molecule has 126 valence electrons. The fourth-order valence-electron chi connectivity index (χ4n) is 1.67. The first-order valence-electron chi connectivity index (χ1n) is 7.31. The molecule has 4 N–H and O–H groups in total. The van der Waals surface area contributed by atoms with Crippen LogP contribution >= 0.6 is 12.2 Å². The molecule has 0 fully saturated rings. The Kier molecular flexibility index (Phi) is 7.75. The largest absolute Gasteiger partial charge is 0.371 e. The van der Waals surface area contributed by atoms with Crippen LogP contribution in [0.4, 0.5) is 0 Å². The first kappa shape index (κ1) is 18.6. The standard InChI is InChI=1S/C14H24N8S/c1-6-16-11(4)19-20-13(12-8-15-9-22(12)5)10(3)18-21-14(23)17-7-2/h8-9,16,19H,4,6-7H2,1-3,5H3,(H2,17,21,23)/b18-10+,20-13-. The van der Waals surface area contributed by atoms with E-state index in [1.165, 1.54) is 0 Å². The van der Waals surface area contributed by atoms with Crippen LogP contribution in [0.5, 0.6) is 0 Å². The number of nitrogens with one attached hydrogen (secondary N) is 4. The van der Waals surface area contributed by atoms with Gasteiger partial charge in [-0.05, 0) is 33.0 Å². The highest BCUT2D eigenvalue weighted by atomic mass is 32.1. The van der Waals surface area contributed by atoms with Crippen molar-refractivity contribution in [3.63, 3.8) is 0 Å². The molecule has 0 radical (unpaired) electrons. The van der Waals surface area contributed by atoms with Crippen LogP contribution < -0.4 is 21.5 Å². The molecule has 1 aromatic rings. The first-order valence-corrected chi connectivity index (χ1v) is 7.72. The second-order valence-corrected chi connectivity index (χ2v) is 5.05. The maximum absolute atomic E-state index is 5.10. The van der Waals surface area contributed by atoms with Crippen molar-refractivity contribution in [2.75, 3.05) is 13.1 Å². The average Bonchev–Trinajstić information content (AvgIpc) is 2.92. The Labute approximate surface area is 142 Å². The van der Waals surface area contributed by atoms with Gasteiger partial charge >= 0.3 is 0 Å². The van der Waals surface area contributed by atoms with E-state index in [1.54, 1.807) is 12.5 Å². The Morgan fingerprint density at radius 2 is 1.96 bits per heavy atom. The fraction of sp³-hybridized carbons (Fsp3) is 0.429. The lowest BCUT2D eigenvalue weighted by Gasteiger charge is -2.11. The molecule has 8 nitrogen and oxygen atoms in total. The Balaban J connectivity index is 2.97. The molecule has 0 aliphatic heterocycles. The highest BCUT2D eigenvalue weighted by Gasteiger charge is 2.12. The van der Waals surface area contributed by atoms with E-state index in [-0.39, 0.29) is 0 Å². The quantitative estimate of drug-likeness (QED) is 0.317. The normalized spacial score (nSPS) is 11.8. The topological polar surface area (TPSA) is 90.7 Å². The Morgan fingerprint density at radius 1 is 1.26 bits per heavy atom. The number of hydrogen-bond donors (Lipinski definition) is 4. The number of hydrazone groups is 2. The minimum atomic E-state index is 0.459. The van der Waals surface area contributed by atoms with Crippen molar-refractivity contribution < 1.29 is 0 Å². The molecule has 1 heterocycles. The van der Waals surface area contributed by atoms with E-state index >= 15 is 0 Å². The van der Waals surface area contributed by atoms with Crippen molar-refractivity contribution in [2.24, 2.45) is 17.3 Å². The summed E-state index contributed by atoms with van der Waals surface area (Å²) in [6.07, 6.45) is 3.42. The van der Waals surface area contributed by atoms with Crippen LogP contribution in [-0.2, 0) is 7.05 Å². The number of aromatic nitrogens is 2. The van der Waals surface area contributed by atoms with Gasteiger partial charge in [-0.3, -0.25) is 10.9 Å². The molecule has 1 rings (SSSR count). The lowest BCUT2D eigenvalue weighted by molar-refractivity contribution is 0.735. The number of thiocarbonyl (C=S) groups is 1. The van der Waals surface area contributed by atoms with Crippen LogP contribution in [0.2, 0.25) is 0 Å². The SMILES string of the molecule is C=C(NCC)N/N=C(/C(C)=N/NC(=S)NCC)c1cncn1C. The van der Waals surface area contributed by atoms with E-state index in [0.29, 0.717) is 22.4 Å². The van der Waals surface area contributed by atoms with Crippen LogP contribution in [0.15, 0.2) is 35.1 Å². The van der Waals surface area contributed by atoms with Gasteiger partial charge in [-0.15, -0.1) is 0 Å². The molecular weight excluding hydrogens is 312 g/mol. The van der Waals surface area contributed by atoms with Crippen molar-refractivity contribution >= 4 is 28.8 Å². The van der Waals surface area contributed by atoms with E-state index in [1.807, 2.05) is 32.4 Å². The van der Waals surface area contributed by atoms with Gasteiger partial charge in [0, 0.05) is 20.1 Å². The van der Waals surface area contributed by atoms with E-state index in [2.05, 4.69) is 43.3 Å². The van der Waals surface area contributed by atoms with Crippen molar-refractivity contribution in [2.45, 2.75) is 20.8 Å². The van der Waals surface area contributed by atoms with Gasteiger partial charge in [-0.25, -0.2) is 4.98 Å². The predicted octanol–water partition coefficient (Wildman–Crippen LogP) is 0.654. The maximum Gasteiger partial charge on any atom is 0.186 e. The average molecular weight is 336 g/mol. The molecule has 0 unspecified atom stereocenters. The zero-order valence-corrected chi connectivity index (χ0v) is 14.8. The lowest BCUT2D eigenvalue weighted by Crippen LogP contribution is -2.33. The summed E-state index contributed by atoms with van der Waals surface area (Å²) < 4.78 is 1.86. The summed E-state index contributed by atoms with van der Waals surface area (Å²) >= 11 is 5.10. The summed E-state index contributed by atoms with van der Waals surface area (Å²) in [5.74, 6) is 0.607. The van der Waals surface area contributed by atoms with Gasteiger partial charge in [-0.2, -0.15) is 10.2 Å². The number of hydrogen-bond acceptors (Lipinski definition) is 6. The Morgan fingerprint density at radius 3 is 2.52 bits per heavy atom. The van der Waals surface area contributed by atoms with E-state index in [9.17, 15) is 0 Å². The zero-order chi connectivity index (χ0) is 17.2. The summed E-state index contributed by atoms with van der Waals surface area (Å²) in [6, 6.07) is 0. The summed E-state index contributed by atoms with van der Waals surface area (Å²) in [6.45, 7) is 11.1. The molecule has 23 heavy (non-hydrogen) atoms. The first-order chi connectivity index (χ1) is 11.0. The molecule has 0 saturated carbocycles. The van der Waals surface area contributed by atoms with Gasteiger partial charge in [-0.1, -0.05) is 6.58 Å². The van der Waals surface area contributed by atoms with Crippen LogP contribution in [-0.4, -0.2) is 39.2 Å². The number of nitrogens with zero attached hydrogens (tertiary/aromatic N) is 4. The molecule has 0 aromatic carbocycles. The van der Waals surface area contributed by atoms with Crippen molar-refractivity contribution in [3.05, 3.63) is 30.6 Å². The molecule has 0 bridgehead atoms. The molecule has 0 aliphatic carbocycles. The Bertz CT molecular complexity index is 602. The zero-order valence-electron chi connectivity index (χ0n) is 14.0. The second kappa shape index (κ2) is 9.57. The highest BCUT2D eigenvalue weighted by Crippen LogP contribution is 2.02. The molecule has 0 aliphatic rings. The number of aryl methyl sites for hydroxylation is 1. The lowest BCUT2D eigenvalue weighted by atomic mass is 10.2. The van der Waals surface area contributed by atoms with Gasteiger partial charge in [0.25, 0.3) is 0 Å². The van der Waals surface area contributed by atoms with Crippen LogP contribution in [0.25, 0.3) is 0 Å². The summed E-state index contributed by atoms with van der Waals surface area (Å²) in [5, 5.41) is 15.1. The van der Waals surface area contributed by atoms with Crippen LogP contribution in [0.3, 0.4) is 0 Å². The second-order valence-electron chi connectivity index (χ2n) is 4.64. The molecular formula is C14H24N8S. The van der Waals surface area contributed by atoms with Gasteiger partial charge in [0.15, 0.2) is 5.11 Å². The van der Waals surface area contributed by atoms with Crippen LogP contribution in [0.1, 0.15) is 26.5 Å². The van der Waals surface area contributed by atoms with E-state index in [0.717, 1.165) is 18.8 Å². The van der Waals surface area contributed by atoms with Crippen molar-refractivity contribution in [3.8, 4) is 0 Å². The minimum absolute atomic E-state index is 0.459. The molecule has 0 amide bonds. The third kappa shape index (κ3) is 6.07. The Hall–Kier alpha value is -2.42. The van der Waals surface area contributed by atoms with Crippen LogP contribution in [0, 0.1) is 0 Å². The predicted molar refractivity (Wildman–Crippen MR) is 98.2 cm³/mol. The minimum Gasteiger partial charge on any atom is -0.371 e. The van der Waals surface area contributed by atoms with Gasteiger partial charge < -0.3 is 15.2 Å². The van der Waals surface area contributed by atoms with Gasteiger partial charge in [0.05, 0.1) is 23.9 Å². The van der Waals surface area contributed by atoms with Gasteiger partial charge in [0.2, 0.25) is 0 Å². The molecule has 0 saturated heterocycles. The fourth-order valence-corrected chi connectivity index (χ4v) is 1.86. The third-order valence-corrected chi connectivity index (χ3v) is 2.99. The third-order valence-electron chi connectivity index (χ3n) is 2.76. The highest BCUT2D eigenvalue weighted by molar-refractivity contribution is 7.80. The molecule has 0 atom stereocenters. The van der Waals surface area contributed by atoms with Crippen molar-refractivity contribution in [1.29, 1.82) is 0 Å². The van der Waals surface area contributed by atoms with E-state index < -0.39 is 0 Å². The molecule has 9 heteroatoms. The van der Waals surface area contributed by atoms with E-state index in [4.69, 9.17) is 12.2 Å². The molecule has 0 spiro atoms. The van der Waals surface area contributed by atoms with Gasteiger partial charge in [0.1, 0.15) is 11.5 Å². The number of rotatable bonds is 8. The molecule has 1 aromatic heterocycles. The summed E-state index contributed by atoms with van der Waals surface area (Å²) in [4.78, 5) is 4.12. The maximum atomic E-state index is 5.10. The summed E-state index contributed by atoms with van der Waals surface area (Å²) in [7, 11) is 1.89. The monoisotopic (exact) mass is 336 g/mol. The number of imidazole rings is 1. The summed E-state index contributed by atoms with van der Waals surface area (Å²) in [5.41, 5.74) is 7.78. The van der Waals surface area contributed by atoms with Crippen molar-refractivity contribution in [1.82, 2.24) is 31.0 Å².